The van der Waals surface area contributed by atoms with E-state index in [1.54, 1.807) is 6.07 Å². The normalized spacial score (nSPS) is 17.3. The molecule has 1 atom stereocenters. The number of hydrogen-bond acceptors (Lipinski definition) is 4. The molecule has 1 amide bonds. The summed E-state index contributed by atoms with van der Waals surface area (Å²) in [6.45, 7) is 7.80. The summed E-state index contributed by atoms with van der Waals surface area (Å²) in [6.07, 6.45) is 0. The average Bonchev–Trinajstić information content (AvgIpc) is 3.22. The van der Waals surface area contributed by atoms with Gasteiger partial charge in [-0.25, -0.2) is 4.39 Å². The molecule has 2 aromatic rings. The van der Waals surface area contributed by atoms with Crippen LogP contribution in [0.1, 0.15) is 25.5 Å². The summed E-state index contributed by atoms with van der Waals surface area (Å²) >= 11 is 0. The number of rotatable bonds is 6. The minimum atomic E-state index is -0.183. The summed E-state index contributed by atoms with van der Waals surface area (Å²) in [6, 6.07) is 13.0. The molecule has 2 aliphatic rings. The molecule has 2 aromatic carbocycles. The molecule has 1 saturated heterocycles. The molecular formula is C23H29FN3O3+. The van der Waals surface area contributed by atoms with Crippen LogP contribution in [0.25, 0.3) is 0 Å². The predicted molar refractivity (Wildman–Crippen MR) is 112 cm³/mol. The Morgan fingerprint density at radius 3 is 2.60 bits per heavy atom. The number of carbonyl (C=O) groups is 1. The fraction of sp³-hybridized carbons (Fsp3) is 0.435. The Bertz CT molecular complexity index is 897. The summed E-state index contributed by atoms with van der Waals surface area (Å²) in [5.41, 5.74) is 1.77. The molecule has 160 valence electrons. The lowest BCUT2D eigenvalue weighted by Crippen LogP contribution is -3.15. The fourth-order valence-electron chi connectivity index (χ4n) is 4.13. The molecule has 0 aromatic heterocycles. The first-order chi connectivity index (χ1) is 14.5. The van der Waals surface area contributed by atoms with E-state index in [2.05, 4.69) is 16.3 Å². The van der Waals surface area contributed by atoms with Crippen LogP contribution in [0, 0.1) is 11.7 Å². The van der Waals surface area contributed by atoms with Crippen LogP contribution < -0.4 is 24.6 Å². The molecule has 7 heteroatoms. The van der Waals surface area contributed by atoms with Gasteiger partial charge in [0.15, 0.2) is 11.5 Å². The number of quaternary nitrogens is 1. The average molecular weight is 415 g/mol. The lowest BCUT2D eigenvalue weighted by Gasteiger charge is -2.38. The van der Waals surface area contributed by atoms with Crippen molar-refractivity contribution in [3.63, 3.8) is 0 Å². The highest BCUT2D eigenvalue weighted by molar-refractivity contribution is 5.77. The van der Waals surface area contributed by atoms with Crippen molar-refractivity contribution in [2.45, 2.75) is 19.9 Å². The van der Waals surface area contributed by atoms with E-state index in [1.165, 1.54) is 11.0 Å². The number of fused-ring (bicyclic) bond motifs is 1. The van der Waals surface area contributed by atoms with Crippen molar-refractivity contribution in [3.8, 4) is 11.5 Å². The first-order valence-electron chi connectivity index (χ1n) is 10.5. The molecule has 1 fully saturated rings. The summed E-state index contributed by atoms with van der Waals surface area (Å²) in [5, 5.41) is 3.09. The maximum absolute atomic E-state index is 14.2. The number of benzene rings is 2. The van der Waals surface area contributed by atoms with Crippen molar-refractivity contribution in [2.24, 2.45) is 5.92 Å². The zero-order valence-corrected chi connectivity index (χ0v) is 17.5. The van der Waals surface area contributed by atoms with Crippen molar-refractivity contribution < 1.29 is 23.6 Å². The highest BCUT2D eigenvalue weighted by Crippen LogP contribution is 2.33. The van der Waals surface area contributed by atoms with Crippen LogP contribution >= 0.6 is 0 Å². The molecule has 2 aliphatic heterocycles. The predicted octanol–water partition coefficient (Wildman–Crippen LogP) is 1.77. The van der Waals surface area contributed by atoms with E-state index in [4.69, 9.17) is 9.47 Å². The summed E-state index contributed by atoms with van der Waals surface area (Å²) in [4.78, 5) is 15.7. The second-order valence-corrected chi connectivity index (χ2v) is 8.16. The molecule has 2 heterocycles. The standard InChI is InChI=1S/C23H28FN3O3/c1-16(2)23(28)25-14-20(17-7-8-21-22(13-17)30-15-29-21)27-11-9-26(10-12-27)19-6-4-3-5-18(19)24/h3-8,13,16,20H,9-12,14-15H2,1-2H3,(H,25,28)/p+1/t20-/m0/s1. The third-order valence-electron chi connectivity index (χ3n) is 5.90. The zero-order chi connectivity index (χ0) is 21.1. The smallest absolute Gasteiger partial charge is 0.231 e. The van der Waals surface area contributed by atoms with Crippen molar-refractivity contribution >= 4 is 11.6 Å². The van der Waals surface area contributed by atoms with Gasteiger partial charge in [0.2, 0.25) is 12.7 Å². The van der Waals surface area contributed by atoms with Gasteiger partial charge in [-0.15, -0.1) is 0 Å². The molecule has 0 radical (unpaired) electrons. The Hall–Kier alpha value is -2.80. The van der Waals surface area contributed by atoms with Crippen LogP contribution in [0.4, 0.5) is 10.1 Å². The lowest BCUT2D eigenvalue weighted by molar-refractivity contribution is -0.931. The molecule has 0 bridgehead atoms. The third-order valence-corrected chi connectivity index (χ3v) is 5.90. The van der Waals surface area contributed by atoms with Gasteiger partial charge in [-0.2, -0.15) is 0 Å². The van der Waals surface area contributed by atoms with E-state index >= 15 is 0 Å². The maximum Gasteiger partial charge on any atom is 0.231 e. The number of amides is 1. The number of para-hydroxylation sites is 1. The lowest BCUT2D eigenvalue weighted by atomic mass is 10.0. The van der Waals surface area contributed by atoms with Gasteiger partial charge < -0.3 is 24.6 Å². The molecule has 0 saturated carbocycles. The third kappa shape index (κ3) is 4.36. The van der Waals surface area contributed by atoms with Gasteiger partial charge in [-0.1, -0.05) is 26.0 Å². The minimum Gasteiger partial charge on any atom is -0.454 e. The molecule has 4 rings (SSSR count). The quantitative estimate of drug-likeness (QED) is 0.757. The molecule has 30 heavy (non-hydrogen) atoms. The Morgan fingerprint density at radius 1 is 1.13 bits per heavy atom. The van der Waals surface area contributed by atoms with Crippen LogP contribution in [0.15, 0.2) is 42.5 Å². The van der Waals surface area contributed by atoms with Gasteiger partial charge in [0.1, 0.15) is 11.9 Å². The number of piperazine rings is 1. The van der Waals surface area contributed by atoms with E-state index < -0.39 is 0 Å². The summed E-state index contributed by atoms with van der Waals surface area (Å²) in [5.74, 6) is 1.30. The first kappa shape index (κ1) is 20.5. The Labute approximate surface area is 176 Å². The highest BCUT2D eigenvalue weighted by atomic mass is 19.1. The number of hydrogen-bond donors (Lipinski definition) is 2. The second kappa shape index (κ2) is 8.92. The van der Waals surface area contributed by atoms with Crippen LogP contribution in [-0.4, -0.2) is 45.4 Å². The summed E-state index contributed by atoms with van der Waals surface area (Å²) in [7, 11) is 0. The van der Waals surface area contributed by atoms with Gasteiger partial charge in [-0.05, 0) is 30.3 Å². The van der Waals surface area contributed by atoms with Crippen molar-refractivity contribution in [1.82, 2.24) is 5.32 Å². The number of nitrogens with zero attached hydrogens (tertiary/aromatic N) is 1. The van der Waals surface area contributed by atoms with Crippen LogP contribution in [-0.2, 0) is 4.79 Å². The van der Waals surface area contributed by atoms with Crippen molar-refractivity contribution in [3.05, 3.63) is 53.8 Å². The molecule has 2 N–H and O–H groups in total. The van der Waals surface area contributed by atoms with E-state index in [9.17, 15) is 9.18 Å². The van der Waals surface area contributed by atoms with E-state index in [0.29, 0.717) is 12.2 Å². The Kier molecular flexibility index (Phi) is 6.08. The van der Waals surface area contributed by atoms with Crippen LogP contribution in [0.5, 0.6) is 11.5 Å². The highest BCUT2D eigenvalue weighted by Gasteiger charge is 2.31. The van der Waals surface area contributed by atoms with Gasteiger partial charge in [0.25, 0.3) is 0 Å². The van der Waals surface area contributed by atoms with E-state index in [0.717, 1.165) is 43.2 Å². The van der Waals surface area contributed by atoms with Gasteiger partial charge >= 0.3 is 0 Å². The zero-order valence-electron chi connectivity index (χ0n) is 17.5. The molecule has 0 aliphatic carbocycles. The number of carbonyl (C=O) groups excluding carboxylic acids is 1. The SMILES string of the molecule is CC(C)C(=O)NC[C@@H](c1ccc2c(c1)OCO2)[NH+]1CCN(c2ccccc2F)CC1. The Morgan fingerprint density at radius 2 is 1.87 bits per heavy atom. The van der Waals surface area contributed by atoms with E-state index in [1.807, 2.05) is 38.1 Å². The van der Waals surface area contributed by atoms with Crippen molar-refractivity contribution in [2.75, 3.05) is 44.4 Å². The number of ether oxygens (including phenoxy) is 2. The monoisotopic (exact) mass is 414 g/mol. The van der Waals surface area contributed by atoms with Gasteiger partial charge in [-0.3, -0.25) is 4.79 Å². The number of halogens is 1. The molecule has 0 spiro atoms. The fourth-order valence-corrected chi connectivity index (χ4v) is 4.13. The van der Waals surface area contributed by atoms with Gasteiger partial charge in [0.05, 0.1) is 38.4 Å². The summed E-state index contributed by atoms with van der Waals surface area (Å²) < 4.78 is 25.2. The van der Waals surface area contributed by atoms with Crippen molar-refractivity contribution in [1.29, 1.82) is 0 Å². The number of nitrogens with one attached hydrogen (secondary N) is 2. The topological polar surface area (TPSA) is 55.2 Å². The van der Waals surface area contributed by atoms with Gasteiger partial charge in [0, 0.05) is 11.5 Å². The first-order valence-corrected chi connectivity index (χ1v) is 10.5. The largest absolute Gasteiger partial charge is 0.454 e. The molecule has 6 nitrogen and oxygen atoms in total. The second-order valence-electron chi connectivity index (χ2n) is 8.16. The van der Waals surface area contributed by atoms with Crippen LogP contribution in [0.3, 0.4) is 0 Å². The molecular weight excluding hydrogens is 385 g/mol. The molecule has 0 unspecified atom stereocenters. The maximum atomic E-state index is 14.2. The minimum absolute atomic E-state index is 0.0464. The Balaban J connectivity index is 1.50. The number of anilines is 1. The van der Waals surface area contributed by atoms with E-state index in [-0.39, 0.29) is 30.5 Å². The van der Waals surface area contributed by atoms with Crippen LogP contribution in [0.2, 0.25) is 0 Å².